The third kappa shape index (κ3) is 13.2. The lowest BCUT2D eigenvalue weighted by atomic mass is 10.0. The highest BCUT2D eigenvalue weighted by molar-refractivity contribution is 7.46. The van der Waals surface area contributed by atoms with Gasteiger partial charge in [-0.15, -0.1) is 0 Å². The van der Waals surface area contributed by atoms with Gasteiger partial charge in [-0.1, -0.05) is 84.0 Å². The van der Waals surface area contributed by atoms with Gasteiger partial charge in [-0.3, -0.25) is 14.1 Å². The molecule has 1 unspecified atom stereocenters. The number of hydrogen-bond acceptors (Lipinski definition) is 8. The molecule has 1 saturated heterocycles. The number of rotatable bonds is 19. The number of hydrogen-bond donors (Lipinski definition) is 3. The first-order valence-corrected chi connectivity index (χ1v) is 13.5. The molecule has 3 atom stereocenters. The van der Waals surface area contributed by atoms with Crippen molar-refractivity contribution in [2.75, 3.05) is 6.61 Å². The van der Waals surface area contributed by atoms with Crippen LogP contribution in [0.2, 0.25) is 0 Å². The van der Waals surface area contributed by atoms with Crippen LogP contribution in [0.25, 0.3) is 0 Å². The summed E-state index contributed by atoms with van der Waals surface area (Å²) in [6, 6.07) is 0. The number of unbranched alkanes of at least 4 members (excludes halogenated alkanes) is 12. The van der Waals surface area contributed by atoms with Crippen LogP contribution in [0.5, 0.6) is 0 Å². The second kappa shape index (κ2) is 16.3. The van der Waals surface area contributed by atoms with E-state index in [1.807, 2.05) is 0 Å². The van der Waals surface area contributed by atoms with Gasteiger partial charge < -0.3 is 24.4 Å². The summed E-state index contributed by atoms with van der Waals surface area (Å²) in [5.74, 6) is -2.99. The number of ketones is 1. The first kappa shape index (κ1) is 29.7. The van der Waals surface area contributed by atoms with Crippen molar-refractivity contribution in [3.8, 4) is 0 Å². The first-order valence-electron chi connectivity index (χ1n) is 12.0. The number of aliphatic hydroxyl groups excluding tert-OH is 1. The van der Waals surface area contributed by atoms with Crippen molar-refractivity contribution in [1.29, 1.82) is 0 Å². The number of phosphoric ester groups is 1. The summed E-state index contributed by atoms with van der Waals surface area (Å²) in [5, 5.41) is 9.96. The average molecular weight is 495 g/mol. The average Bonchev–Trinajstić information content (AvgIpc) is 3.02. The Balaban J connectivity index is 2.06. The molecule has 0 aliphatic carbocycles. The van der Waals surface area contributed by atoms with E-state index >= 15 is 0 Å². The maximum Gasteiger partial charge on any atom is 0.470 e. The molecular weight excluding hydrogens is 455 g/mol. The fourth-order valence-corrected chi connectivity index (χ4v) is 4.10. The molecule has 0 saturated carbocycles. The third-order valence-corrected chi connectivity index (χ3v) is 5.97. The minimum absolute atomic E-state index is 0.173. The van der Waals surface area contributed by atoms with Crippen LogP contribution in [0.15, 0.2) is 0 Å². The number of cyclic esters (lactones) is 1. The maximum atomic E-state index is 12.0. The van der Waals surface area contributed by atoms with E-state index in [1.54, 1.807) is 0 Å². The summed E-state index contributed by atoms with van der Waals surface area (Å²) in [6.45, 7) is 1.64. The van der Waals surface area contributed by atoms with E-state index in [4.69, 9.17) is 14.5 Å². The zero-order valence-corrected chi connectivity index (χ0v) is 20.4. The van der Waals surface area contributed by atoms with Crippen molar-refractivity contribution in [2.24, 2.45) is 0 Å². The van der Waals surface area contributed by atoms with Crippen molar-refractivity contribution >= 4 is 25.5 Å². The lowest BCUT2D eigenvalue weighted by Gasteiger charge is -2.15. The Kier molecular flexibility index (Phi) is 14.7. The lowest BCUT2D eigenvalue weighted by Crippen LogP contribution is -2.38. The van der Waals surface area contributed by atoms with Crippen LogP contribution in [0.4, 0.5) is 0 Å². The topological polar surface area (TPSA) is 157 Å². The molecule has 0 amide bonds. The molecule has 1 rings (SSSR count). The number of carbonyl (C=O) groups is 3. The smallest absolute Gasteiger partial charge is 0.463 e. The molecule has 0 aromatic heterocycles. The summed E-state index contributed by atoms with van der Waals surface area (Å²) >= 11 is 0. The van der Waals surface area contributed by atoms with E-state index in [0.717, 1.165) is 19.3 Å². The van der Waals surface area contributed by atoms with E-state index in [9.17, 15) is 24.1 Å². The second-order valence-corrected chi connectivity index (χ2v) is 9.67. The van der Waals surface area contributed by atoms with Gasteiger partial charge in [0.25, 0.3) is 0 Å². The molecule has 1 fully saturated rings. The van der Waals surface area contributed by atoms with Crippen LogP contribution in [-0.2, 0) is 32.9 Å². The predicted molar refractivity (Wildman–Crippen MR) is 119 cm³/mol. The number of phosphoric acid groups is 1. The van der Waals surface area contributed by atoms with Gasteiger partial charge in [-0.25, -0.2) is 9.36 Å². The standard InChI is InChI=1S/C22H39O10P/c1-2-3-4-5-6-7-8-9-10-11-12-13-14-15-18(24)30-16-17(23)20-19(25)21(22(26)31-20)32-33(27,28)29/h17,20-21,23H,2-16H2,1H3,(H2,27,28,29)/t17-,20+,21?/m0/s1. The molecule has 0 aromatic rings. The van der Waals surface area contributed by atoms with E-state index in [2.05, 4.69) is 16.2 Å². The van der Waals surface area contributed by atoms with Crippen molar-refractivity contribution in [1.82, 2.24) is 0 Å². The summed E-state index contributed by atoms with van der Waals surface area (Å²) in [6.07, 6.45) is 10.1. The molecule has 0 aromatic carbocycles. The summed E-state index contributed by atoms with van der Waals surface area (Å²) in [7, 11) is -5.10. The normalized spacial score (nSPS) is 19.5. The van der Waals surface area contributed by atoms with E-state index in [0.29, 0.717) is 6.42 Å². The highest BCUT2D eigenvalue weighted by Crippen LogP contribution is 2.39. The monoisotopic (exact) mass is 494 g/mol. The first-order chi connectivity index (χ1) is 15.7. The fourth-order valence-electron chi connectivity index (χ4n) is 3.64. The van der Waals surface area contributed by atoms with Crippen molar-refractivity contribution < 1.29 is 47.8 Å². The number of ether oxygens (including phenoxy) is 2. The second-order valence-electron chi connectivity index (χ2n) is 8.48. The minimum Gasteiger partial charge on any atom is -0.463 e. The molecule has 0 bridgehead atoms. The Morgan fingerprint density at radius 1 is 0.939 bits per heavy atom. The molecule has 0 radical (unpaired) electrons. The molecule has 3 N–H and O–H groups in total. The quantitative estimate of drug-likeness (QED) is 0.105. The fraction of sp³-hybridized carbons (Fsp3) is 0.864. The predicted octanol–water partition coefficient (Wildman–Crippen LogP) is 3.34. The van der Waals surface area contributed by atoms with Crippen molar-refractivity contribution in [3.63, 3.8) is 0 Å². The molecule has 11 heteroatoms. The molecular formula is C22H39O10P. The van der Waals surface area contributed by atoms with Crippen LogP contribution < -0.4 is 0 Å². The Morgan fingerprint density at radius 2 is 1.42 bits per heavy atom. The van der Waals surface area contributed by atoms with Gasteiger partial charge >= 0.3 is 19.8 Å². The number of aliphatic hydroxyl groups is 1. The van der Waals surface area contributed by atoms with Crippen LogP contribution >= 0.6 is 7.82 Å². The highest BCUT2D eigenvalue weighted by Gasteiger charge is 2.50. The van der Waals surface area contributed by atoms with Crippen LogP contribution in [-0.4, -0.2) is 57.5 Å². The van der Waals surface area contributed by atoms with E-state index in [1.165, 1.54) is 57.8 Å². The van der Waals surface area contributed by atoms with Gasteiger partial charge in [-0.05, 0) is 6.42 Å². The molecule has 10 nitrogen and oxygen atoms in total. The van der Waals surface area contributed by atoms with Gasteiger partial charge in [0.2, 0.25) is 11.9 Å². The van der Waals surface area contributed by atoms with E-state index < -0.39 is 50.5 Å². The molecule has 1 aliphatic heterocycles. The summed E-state index contributed by atoms with van der Waals surface area (Å²) < 4.78 is 24.4. The summed E-state index contributed by atoms with van der Waals surface area (Å²) in [5.41, 5.74) is 0. The van der Waals surface area contributed by atoms with Gasteiger partial charge in [0.15, 0.2) is 6.10 Å². The molecule has 0 spiro atoms. The third-order valence-electron chi connectivity index (χ3n) is 5.49. The molecule has 1 aliphatic rings. The molecule has 33 heavy (non-hydrogen) atoms. The van der Waals surface area contributed by atoms with Crippen LogP contribution in [0.1, 0.15) is 96.8 Å². The lowest BCUT2D eigenvalue weighted by molar-refractivity contribution is -0.156. The van der Waals surface area contributed by atoms with E-state index in [-0.39, 0.29) is 6.42 Å². The largest absolute Gasteiger partial charge is 0.470 e. The van der Waals surface area contributed by atoms with Crippen LogP contribution in [0, 0.1) is 0 Å². The number of Topliss-reactive ketones (excluding diaryl/α,β-unsaturated/α-hetero) is 1. The zero-order valence-electron chi connectivity index (χ0n) is 19.5. The Morgan fingerprint density at radius 3 is 1.91 bits per heavy atom. The van der Waals surface area contributed by atoms with Gasteiger partial charge in [-0.2, -0.15) is 0 Å². The van der Waals surface area contributed by atoms with Crippen molar-refractivity contribution in [2.45, 2.75) is 115 Å². The minimum atomic E-state index is -5.10. The molecule has 192 valence electrons. The molecule has 1 heterocycles. The number of carbonyl (C=O) groups excluding carboxylic acids is 3. The van der Waals surface area contributed by atoms with Gasteiger partial charge in [0, 0.05) is 6.42 Å². The zero-order chi connectivity index (χ0) is 24.7. The number of esters is 2. The van der Waals surface area contributed by atoms with Gasteiger partial charge in [0.1, 0.15) is 12.7 Å². The van der Waals surface area contributed by atoms with Crippen LogP contribution in [0.3, 0.4) is 0 Å². The Bertz CT molecular complexity index is 647. The Hall–Kier alpha value is -1.32. The highest BCUT2D eigenvalue weighted by atomic mass is 31.2. The Labute approximate surface area is 195 Å². The SMILES string of the molecule is CCCCCCCCCCCCCCCC(=O)OC[C@H](O)[C@H]1OC(=O)C(OP(=O)(O)O)C1=O. The maximum absolute atomic E-state index is 12.0. The van der Waals surface area contributed by atoms with Crippen molar-refractivity contribution in [3.05, 3.63) is 0 Å². The summed E-state index contributed by atoms with van der Waals surface area (Å²) in [4.78, 5) is 52.8. The van der Waals surface area contributed by atoms with Gasteiger partial charge in [0.05, 0.1) is 0 Å².